The maximum absolute atomic E-state index is 12.3. The molecule has 116 valence electrons. The molecule has 0 atom stereocenters. The maximum atomic E-state index is 12.3. The summed E-state index contributed by atoms with van der Waals surface area (Å²) < 4.78 is 28.2. The van der Waals surface area contributed by atoms with E-state index in [4.69, 9.17) is 0 Å². The van der Waals surface area contributed by atoms with Gasteiger partial charge in [-0.1, -0.05) is 13.8 Å². The number of sulfonamides is 1. The molecule has 21 heavy (non-hydrogen) atoms. The molecule has 0 radical (unpaired) electrons. The number of aromatic amines is 1. The van der Waals surface area contributed by atoms with Gasteiger partial charge in [0.1, 0.15) is 0 Å². The van der Waals surface area contributed by atoms with Gasteiger partial charge in [0.05, 0.1) is 9.98 Å². The van der Waals surface area contributed by atoms with Crippen molar-refractivity contribution in [1.82, 2.24) is 20.2 Å². The summed E-state index contributed by atoms with van der Waals surface area (Å²) in [6.07, 6.45) is 1.53. The highest BCUT2D eigenvalue weighted by atomic mass is 79.9. The SMILES string of the molecule is CC(C)NCc1cn[nH]c1S(=O)(=O)NCc1ccc(Br)s1. The number of hydrogen-bond donors (Lipinski definition) is 3. The van der Waals surface area contributed by atoms with Gasteiger partial charge in [-0.05, 0) is 28.1 Å². The van der Waals surface area contributed by atoms with Crippen LogP contribution in [0.3, 0.4) is 0 Å². The molecule has 0 unspecified atom stereocenters. The van der Waals surface area contributed by atoms with E-state index in [2.05, 4.69) is 36.2 Å². The fourth-order valence-electron chi connectivity index (χ4n) is 1.66. The maximum Gasteiger partial charge on any atom is 0.258 e. The summed E-state index contributed by atoms with van der Waals surface area (Å²) in [4.78, 5) is 0.937. The van der Waals surface area contributed by atoms with Gasteiger partial charge in [0.15, 0.2) is 5.03 Å². The molecule has 0 aliphatic heterocycles. The molecule has 0 aliphatic carbocycles. The van der Waals surface area contributed by atoms with Crippen LogP contribution >= 0.6 is 27.3 Å². The molecule has 2 rings (SSSR count). The molecule has 0 aliphatic rings. The minimum absolute atomic E-state index is 0.117. The van der Waals surface area contributed by atoms with E-state index in [1.807, 2.05) is 26.0 Å². The quantitative estimate of drug-likeness (QED) is 0.673. The van der Waals surface area contributed by atoms with Crippen molar-refractivity contribution in [3.05, 3.63) is 32.6 Å². The van der Waals surface area contributed by atoms with E-state index in [-0.39, 0.29) is 17.6 Å². The van der Waals surface area contributed by atoms with E-state index >= 15 is 0 Å². The molecule has 0 saturated carbocycles. The zero-order valence-electron chi connectivity index (χ0n) is 11.7. The van der Waals surface area contributed by atoms with Crippen LogP contribution in [0.1, 0.15) is 24.3 Å². The first-order valence-electron chi connectivity index (χ1n) is 6.38. The summed E-state index contributed by atoms with van der Waals surface area (Å²) in [5.74, 6) is 0. The van der Waals surface area contributed by atoms with Gasteiger partial charge in [0.2, 0.25) is 0 Å². The predicted octanol–water partition coefficient (Wildman–Crippen LogP) is 2.21. The number of rotatable bonds is 7. The first kappa shape index (κ1) is 16.6. The van der Waals surface area contributed by atoms with Gasteiger partial charge in [-0.2, -0.15) is 5.10 Å². The van der Waals surface area contributed by atoms with Crippen molar-refractivity contribution in [2.24, 2.45) is 0 Å². The number of halogens is 1. The average Bonchev–Trinajstić information content (AvgIpc) is 3.03. The molecule has 2 aromatic heterocycles. The molecule has 9 heteroatoms. The summed E-state index contributed by atoms with van der Waals surface area (Å²) in [7, 11) is -3.60. The minimum Gasteiger partial charge on any atom is -0.310 e. The monoisotopic (exact) mass is 392 g/mol. The van der Waals surface area contributed by atoms with E-state index in [1.165, 1.54) is 17.5 Å². The lowest BCUT2D eigenvalue weighted by Crippen LogP contribution is -2.26. The fourth-order valence-corrected chi connectivity index (χ4v) is 4.30. The fraction of sp³-hybridized carbons (Fsp3) is 0.417. The molecule has 0 saturated heterocycles. The molecule has 0 amide bonds. The van der Waals surface area contributed by atoms with E-state index < -0.39 is 10.0 Å². The van der Waals surface area contributed by atoms with Crippen LogP contribution in [0.15, 0.2) is 27.1 Å². The van der Waals surface area contributed by atoms with Gasteiger partial charge in [-0.25, -0.2) is 13.1 Å². The van der Waals surface area contributed by atoms with Crippen molar-refractivity contribution in [3.63, 3.8) is 0 Å². The Labute approximate surface area is 136 Å². The molecular weight excluding hydrogens is 376 g/mol. The highest BCUT2D eigenvalue weighted by Crippen LogP contribution is 2.22. The van der Waals surface area contributed by atoms with Gasteiger partial charge in [-0.15, -0.1) is 11.3 Å². The summed E-state index contributed by atoms with van der Waals surface area (Å²) in [5.41, 5.74) is 0.628. The Kier molecular flexibility index (Phi) is 5.55. The van der Waals surface area contributed by atoms with Crippen LogP contribution in [-0.2, 0) is 23.1 Å². The largest absolute Gasteiger partial charge is 0.310 e. The second-order valence-corrected chi connectivity index (χ2v) is 9.04. The van der Waals surface area contributed by atoms with Crippen molar-refractivity contribution < 1.29 is 8.42 Å². The molecule has 0 fully saturated rings. The van der Waals surface area contributed by atoms with Crippen molar-refractivity contribution in [2.45, 2.75) is 38.0 Å². The van der Waals surface area contributed by atoms with Crippen LogP contribution in [0.5, 0.6) is 0 Å². The average molecular weight is 393 g/mol. The zero-order valence-corrected chi connectivity index (χ0v) is 14.9. The van der Waals surface area contributed by atoms with Gasteiger partial charge in [-0.3, -0.25) is 5.10 Å². The molecule has 2 aromatic rings. The van der Waals surface area contributed by atoms with Crippen LogP contribution in [-0.4, -0.2) is 24.7 Å². The first-order chi connectivity index (χ1) is 9.88. The molecule has 3 N–H and O–H groups in total. The number of thiophene rings is 1. The molecule has 2 heterocycles. The van der Waals surface area contributed by atoms with Crippen LogP contribution in [0.4, 0.5) is 0 Å². The van der Waals surface area contributed by atoms with Crippen LogP contribution in [0.2, 0.25) is 0 Å². The second kappa shape index (κ2) is 7.01. The molecule has 0 spiro atoms. The lowest BCUT2D eigenvalue weighted by molar-refractivity contribution is 0.564. The summed E-state index contributed by atoms with van der Waals surface area (Å²) in [6, 6.07) is 4.04. The first-order valence-corrected chi connectivity index (χ1v) is 9.47. The second-order valence-electron chi connectivity index (χ2n) is 4.79. The van der Waals surface area contributed by atoms with E-state index in [0.29, 0.717) is 12.1 Å². The highest BCUT2D eigenvalue weighted by Gasteiger charge is 2.20. The normalized spacial score (nSPS) is 12.2. The Hall–Kier alpha value is -0.740. The molecule has 0 bridgehead atoms. The number of H-pyrrole nitrogens is 1. The molecule has 0 aromatic carbocycles. The zero-order chi connectivity index (χ0) is 15.5. The smallest absolute Gasteiger partial charge is 0.258 e. The minimum atomic E-state index is -3.60. The summed E-state index contributed by atoms with van der Waals surface area (Å²) in [5, 5.41) is 9.70. The number of aromatic nitrogens is 2. The highest BCUT2D eigenvalue weighted by molar-refractivity contribution is 9.11. The molecular formula is C12H17BrN4O2S2. The number of nitrogens with zero attached hydrogens (tertiary/aromatic N) is 1. The van der Waals surface area contributed by atoms with E-state index in [9.17, 15) is 8.42 Å². The predicted molar refractivity (Wildman–Crippen MR) is 86.6 cm³/mol. The van der Waals surface area contributed by atoms with E-state index in [0.717, 1.165) is 8.66 Å². The lowest BCUT2D eigenvalue weighted by atomic mass is 10.3. The Morgan fingerprint density at radius 3 is 2.76 bits per heavy atom. The van der Waals surface area contributed by atoms with Crippen LogP contribution < -0.4 is 10.0 Å². The number of nitrogens with one attached hydrogen (secondary N) is 3. The van der Waals surface area contributed by atoms with Gasteiger partial charge >= 0.3 is 0 Å². The summed E-state index contributed by atoms with van der Waals surface area (Å²) in [6.45, 7) is 4.71. The summed E-state index contributed by atoms with van der Waals surface area (Å²) >= 11 is 4.85. The number of hydrogen-bond acceptors (Lipinski definition) is 5. The van der Waals surface area contributed by atoms with Crippen molar-refractivity contribution in [3.8, 4) is 0 Å². The van der Waals surface area contributed by atoms with Crippen LogP contribution in [0.25, 0.3) is 0 Å². The Bertz CT molecular complexity index is 694. The van der Waals surface area contributed by atoms with E-state index in [1.54, 1.807) is 0 Å². The third kappa shape index (κ3) is 4.62. The van der Waals surface area contributed by atoms with Gasteiger partial charge in [0, 0.05) is 29.6 Å². The Morgan fingerprint density at radius 1 is 1.38 bits per heavy atom. The van der Waals surface area contributed by atoms with Crippen molar-refractivity contribution >= 4 is 37.3 Å². The van der Waals surface area contributed by atoms with Crippen molar-refractivity contribution in [1.29, 1.82) is 0 Å². The third-order valence-electron chi connectivity index (χ3n) is 2.71. The Morgan fingerprint density at radius 2 is 2.14 bits per heavy atom. The molecule has 6 nitrogen and oxygen atoms in total. The van der Waals surface area contributed by atoms with Crippen LogP contribution in [0, 0.1) is 0 Å². The van der Waals surface area contributed by atoms with Gasteiger partial charge in [0.25, 0.3) is 10.0 Å². The topological polar surface area (TPSA) is 86.9 Å². The lowest BCUT2D eigenvalue weighted by Gasteiger charge is -2.09. The Balaban J connectivity index is 2.07. The van der Waals surface area contributed by atoms with Gasteiger partial charge < -0.3 is 5.32 Å². The van der Waals surface area contributed by atoms with Crippen molar-refractivity contribution in [2.75, 3.05) is 0 Å². The standard InChI is InChI=1S/C12H17BrN4O2S2/c1-8(2)14-5-9-6-15-17-12(9)21(18,19)16-7-10-3-4-11(13)20-10/h3-4,6,8,14,16H,5,7H2,1-2H3,(H,15,17). The third-order valence-corrected chi connectivity index (χ3v) is 5.75.